The lowest BCUT2D eigenvalue weighted by molar-refractivity contribution is -0.139. The zero-order chi connectivity index (χ0) is 16.3. The molecule has 1 fully saturated rings. The zero-order valence-corrected chi connectivity index (χ0v) is 14.5. The second kappa shape index (κ2) is 7.28. The maximum absolute atomic E-state index is 12.3. The van der Waals surface area contributed by atoms with Crippen molar-refractivity contribution < 1.29 is 14.7 Å². The van der Waals surface area contributed by atoms with Crippen LogP contribution in [-0.2, 0) is 11.3 Å². The van der Waals surface area contributed by atoms with Crippen molar-refractivity contribution in [3.8, 4) is 0 Å². The molecule has 1 aromatic rings. The molecule has 0 spiro atoms. The van der Waals surface area contributed by atoms with E-state index in [1.165, 1.54) is 0 Å². The second-order valence-electron chi connectivity index (χ2n) is 5.58. The Morgan fingerprint density at radius 1 is 1.45 bits per heavy atom. The van der Waals surface area contributed by atoms with Gasteiger partial charge in [0.05, 0.1) is 6.54 Å². The minimum absolute atomic E-state index is 0.0630. The summed E-state index contributed by atoms with van der Waals surface area (Å²) in [6.07, 6.45) is 3.51. The molecule has 0 radical (unpaired) electrons. The van der Waals surface area contributed by atoms with Gasteiger partial charge in [0, 0.05) is 29.3 Å². The summed E-state index contributed by atoms with van der Waals surface area (Å²) in [4.78, 5) is 25.1. The molecule has 22 heavy (non-hydrogen) atoms. The Balaban J connectivity index is 1.86. The third-order valence-corrected chi connectivity index (χ3v) is 4.58. The second-order valence-corrected chi connectivity index (χ2v) is 6.50. The molecular weight excluding hydrogens is 350 g/mol. The molecule has 0 atom stereocenters. The Bertz CT molecular complexity index is 552. The summed E-state index contributed by atoms with van der Waals surface area (Å²) < 4.78 is 2.79. The van der Waals surface area contributed by atoms with Crippen LogP contribution in [0.2, 0.25) is 0 Å². The number of hydrogen-bond donors (Lipinski definition) is 2. The van der Waals surface area contributed by atoms with E-state index in [2.05, 4.69) is 21.2 Å². The maximum Gasteiger partial charge on any atom is 0.317 e. The van der Waals surface area contributed by atoms with Gasteiger partial charge in [-0.2, -0.15) is 0 Å². The van der Waals surface area contributed by atoms with Crippen molar-refractivity contribution in [3.63, 3.8) is 0 Å². The summed E-state index contributed by atoms with van der Waals surface area (Å²) in [5.74, 6) is -0.878. The maximum atomic E-state index is 12.3. The molecule has 0 saturated heterocycles. The number of carbonyl (C=O) groups is 2. The molecule has 1 aliphatic carbocycles. The minimum Gasteiger partial charge on any atom is -0.480 e. The molecule has 0 aromatic carbocycles. The van der Waals surface area contributed by atoms with E-state index in [0.29, 0.717) is 12.2 Å². The van der Waals surface area contributed by atoms with Gasteiger partial charge in [0.1, 0.15) is 5.69 Å². The Labute approximate surface area is 138 Å². The fourth-order valence-corrected chi connectivity index (χ4v) is 3.33. The van der Waals surface area contributed by atoms with Gasteiger partial charge in [0.25, 0.3) is 5.91 Å². The molecule has 0 aliphatic heterocycles. The highest BCUT2D eigenvalue weighted by Crippen LogP contribution is 2.26. The third-order valence-electron chi connectivity index (χ3n) is 4.15. The van der Waals surface area contributed by atoms with Gasteiger partial charge in [-0.1, -0.05) is 6.92 Å². The third kappa shape index (κ3) is 3.89. The first kappa shape index (κ1) is 17.0. The number of carboxylic acids is 1. The quantitative estimate of drug-likeness (QED) is 0.767. The van der Waals surface area contributed by atoms with Gasteiger partial charge < -0.3 is 15.0 Å². The standard InChI is InChI=1S/C15H22BrN3O3/c1-3-18(9-14(20)21)12-6-11(7-12)17-15(22)13-5-10(16)8-19(13)4-2/h5,8,11-12H,3-4,6-7,9H2,1-2H3,(H,17,22)(H,20,21). The van der Waals surface area contributed by atoms with Gasteiger partial charge in [-0.15, -0.1) is 0 Å². The number of aliphatic carboxylic acids is 1. The van der Waals surface area contributed by atoms with E-state index < -0.39 is 5.97 Å². The Morgan fingerprint density at radius 2 is 2.14 bits per heavy atom. The largest absolute Gasteiger partial charge is 0.480 e. The molecular formula is C15H22BrN3O3. The van der Waals surface area contributed by atoms with Gasteiger partial charge >= 0.3 is 5.97 Å². The summed E-state index contributed by atoms with van der Waals surface area (Å²) in [5.41, 5.74) is 0.649. The number of amides is 1. The van der Waals surface area contributed by atoms with Crippen molar-refractivity contribution in [2.45, 2.75) is 45.3 Å². The lowest BCUT2D eigenvalue weighted by atomic mass is 9.85. The summed E-state index contributed by atoms with van der Waals surface area (Å²) in [5, 5.41) is 11.9. The highest BCUT2D eigenvalue weighted by Gasteiger charge is 2.35. The van der Waals surface area contributed by atoms with Gasteiger partial charge in [-0.25, -0.2) is 0 Å². The van der Waals surface area contributed by atoms with Crippen LogP contribution in [0.4, 0.5) is 0 Å². The molecule has 1 amide bonds. The monoisotopic (exact) mass is 371 g/mol. The van der Waals surface area contributed by atoms with Crippen LogP contribution >= 0.6 is 15.9 Å². The van der Waals surface area contributed by atoms with Crippen LogP contribution in [0.5, 0.6) is 0 Å². The summed E-state index contributed by atoms with van der Waals surface area (Å²) in [7, 11) is 0. The van der Waals surface area contributed by atoms with Crippen molar-refractivity contribution in [1.82, 2.24) is 14.8 Å². The van der Waals surface area contributed by atoms with E-state index in [1.54, 1.807) is 0 Å². The van der Waals surface area contributed by atoms with E-state index in [4.69, 9.17) is 5.11 Å². The van der Waals surface area contributed by atoms with Crippen LogP contribution in [-0.4, -0.2) is 51.6 Å². The first-order chi connectivity index (χ1) is 10.4. The Kier molecular flexibility index (Phi) is 5.63. The normalized spacial score (nSPS) is 20.7. The molecule has 7 heteroatoms. The van der Waals surface area contributed by atoms with E-state index in [9.17, 15) is 9.59 Å². The first-order valence-corrected chi connectivity index (χ1v) is 8.36. The average molecular weight is 372 g/mol. The van der Waals surface area contributed by atoms with E-state index in [-0.39, 0.29) is 24.5 Å². The smallest absolute Gasteiger partial charge is 0.317 e. The SMILES string of the molecule is CCN(CC(=O)O)C1CC(NC(=O)c2cc(Br)cn2CC)C1. The predicted molar refractivity (Wildman–Crippen MR) is 87.0 cm³/mol. The van der Waals surface area contributed by atoms with Crippen LogP contribution in [0.25, 0.3) is 0 Å². The van der Waals surface area contributed by atoms with Crippen LogP contribution in [0.3, 0.4) is 0 Å². The number of carbonyl (C=O) groups excluding carboxylic acids is 1. The fourth-order valence-electron chi connectivity index (χ4n) is 2.86. The number of nitrogens with zero attached hydrogens (tertiary/aromatic N) is 2. The predicted octanol–water partition coefficient (Wildman–Crippen LogP) is 1.94. The highest BCUT2D eigenvalue weighted by atomic mass is 79.9. The molecule has 2 rings (SSSR count). The molecule has 122 valence electrons. The number of nitrogens with one attached hydrogen (secondary N) is 1. The number of halogens is 1. The summed E-state index contributed by atoms with van der Waals surface area (Å²) >= 11 is 3.39. The Morgan fingerprint density at radius 3 is 2.68 bits per heavy atom. The van der Waals surface area contributed by atoms with Crippen molar-refractivity contribution in [2.75, 3.05) is 13.1 Å². The number of likely N-dealkylation sites (N-methyl/N-ethyl adjacent to an activating group) is 1. The molecule has 0 unspecified atom stereocenters. The Hall–Kier alpha value is -1.34. The number of aromatic nitrogens is 1. The van der Waals surface area contributed by atoms with Crippen LogP contribution < -0.4 is 5.32 Å². The molecule has 0 bridgehead atoms. The molecule has 6 nitrogen and oxygen atoms in total. The van der Waals surface area contributed by atoms with Gasteiger partial charge in [0.2, 0.25) is 0 Å². The number of aryl methyl sites for hydroxylation is 1. The summed E-state index contributed by atoms with van der Waals surface area (Å²) in [6.45, 7) is 5.47. The molecule has 1 aliphatic rings. The lowest BCUT2D eigenvalue weighted by Gasteiger charge is -2.42. The first-order valence-electron chi connectivity index (χ1n) is 7.56. The van der Waals surface area contributed by atoms with Crippen LogP contribution in [0.15, 0.2) is 16.7 Å². The topological polar surface area (TPSA) is 74.6 Å². The average Bonchev–Trinajstić information content (AvgIpc) is 2.81. The van der Waals surface area contributed by atoms with Gasteiger partial charge in [-0.05, 0) is 48.3 Å². The fraction of sp³-hybridized carbons (Fsp3) is 0.600. The number of rotatable bonds is 7. The molecule has 1 aromatic heterocycles. The van der Waals surface area contributed by atoms with Crippen LogP contribution in [0, 0.1) is 0 Å². The molecule has 2 N–H and O–H groups in total. The van der Waals surface area contributed by atoms with E-state index in [0.717, 1.165) is 23.9 Å². The lowest BCUT2D eigenvalue weighted by Crippen LogP contribution is -2.55. The van der Waals surface area contributed by atoms with E-state index >= 15 is 0 Å². The minimum atomic E-state index is -0.806. The van der Waals surface area contributed by atoms with Crippen molar-refractivity contribution in [1.29, 1.82) is 0 Å². The van der Waals surface area contributed by atoms with Crippen molar-refractivity contribution >= 4 is 27.8 Å². The molecule has 1 saturated carbocycles. The van der Waals surface area contributed by atoms with Gasteiger partial charge in [-0.3, -0.25) is 14.5 Å². The molecule has 1 heterocycles. The highest BCUT2D eigenvalue weighted by molar-refractivity contribution is 9.10. The van der Waals surface area contributed by atoms with Crippen LogP contribution in [0.1, 0.15) is 37.2 Å². The van der Waals surface area contributed by atoms with E-state index in [1.807, 2.05) is 35.6 Å². The van der Waals surface area contributed by atoms with Gasteiger partial charge in [0.15, 0.2) is 0 Å². The number of carboxylic acid groups (broad SMARTS) is 1. The zero-order valence-electron chi connectivity index (χ0n) is 12.9. The summed E-state index contributed by atoms with van der Waals surface area (Å²) in [6, 6.07) is 2.19. The van der Waals surface area contributed by atoms with Crippen molar-refractivity contribution in [3.05, 3.63) is 22.4 Å². The van der Waals surface area contributed by atoms with Crippen molar-refractivity contribution in [2.24, 2.45) is 0 Å². The number of hydrogen-bond acceptors (Lipinski definition) is 3.